The number of nitrogens with two attached hydrogens (primary N) is 2. The number of aromatic nitrogens is 4. The molecule has 9 nitrogen and oxygen atoms in total. The maximum absolute atomic E-state index is 11.9. The summed E-state index contributed by atoms with van der Waals surface area (Å²) in [5, 5.41) is 15.6. The van der Waals surface area contributed by atoms with Crippen LogP contribution < -0.4 is 11.5 Å². The third-order valence-corrected chi connectivity index (χ3v) is 5.86. The Bertz CT molecular complexity index is 1420. The molecule has 0 radical (unpaired) electrons. The van der Waals surface area contributed by atoms with Crippen molar-refractivity contribution in [2.24, 2.45) is 21.7 Å². The first-order chi connectivity index (χ1) is 14.7. The lowest BCUT2D eigenvalue weighted by molar-refractivity contribution is 0.111. The molecule has 148 valence electrons. The number of rotatable bonds is 5. The minimum absolute atomic E-state index is 0.147. The molecule has 0 bridgehead atoms. The normalized spacial score (nSPS) is 11.6. The molecule has 11 heteroatoms. The van der Waals surface area contributed by atoms with E-state index in [1.54, 1.807) is 33.3 Å². The van der Waals surface area contributed by atoms with Gasteiger partial charge in [-0.1, -0.05) is 0 Å². The van der Waals surface area contributed by atoms with E-state index in [-0.39, 0.29) is 5.96 Å². The fourth-order valence-corrected chi connectivity index (χ4v) is 4.54. The van der Waals surface area contributed by atoms with Crippen molar-refractivity contribution in [3.8, 4) is 22.5 Å². The zero-order valence-corrected chi connectivity index (χ0v) is 17.0. The SMILES string of the molecule is NC(N)=N/N=C/c1c(-c2ccsc2)nc2ccn3c(C=O)c(-c4ccsc4)nc3n12. The second-order valence-corrected chi connectivity index (χ2v) is 7.84. The Morgan fingerprint density at radius 2 is 1.70 bits per heavy atom. The molecule has 5 rings (SSSR count). The number of thiophene rings is 2. The Kier molecular flexibility index (Phi) is 4.38. The number of carbonyl (C=O) groups excluding carboxylic acids is 1. The van der Waals surface area contributed by atoms with Gasteiger partial charge in [-0.15, -0.1) is 5.10 Å². The van der Waals surface area contributed by atoms with Crippen LogP contribution in [0.4, 0.5) is 0 Å². The van der Waals surface area contributed by atoms with Crippen LogP contribution in [0.25, 0.3) is 33.9 Å². The second kappa shape index (κ2) is 7.21. The van der Waals surface area contributed by atoms with Gasteiger partial charge in [-0.2, -0.15) is 27.8 Å². The Labute approximate surface area is 177 Å². The average Bonchev–Trinajstić information content (AvgIpc) is 3.51. The molecule has 0 atom stereocenters. The van der Waals surface area contributed by atoms with E-state index < -0.39 is 0 Å². The number of hydrogen-bond donors (Lipinski definition) is 2. The van der Waals surface area contributed by atoms with Crippen molar-refractivity contribution in [1.82, 2.24) is 18.8 Å². The lowest BCUT2D eigenvalue weighted by atomic mass is 10.2. The Balaban J connectivity index is 1.86. The van der Waals surface area contributed by atoms with Gasteiger partial charge >= 0.3 is 0 Å². The van der Waals surface area contributed by atoms with Crippen molar-refractivity contribution < 1.29 is 4.79 Å². The largest absolute Gasteiger partial charge is 0.369 e. The molecule has 5 aromatic heterocycles. The van der Waals surface area contributed by atoms with E-state index in [0.717, 1.165) is 17.4 Å². The molecule has 0 aliphatic carbocycles. The summed E-state index contributed by atoms with van der Waals surface area (Å²) in [7, 11) is 0. The maximum atomic E-state index is 11.9. The van der Waals surface area contributed by atoms with E-state index in [1.807, 2.05) is 44.1 Å². The maximum Gasteiger partial charge on any atom is 0.221 e. The van der Waals surface area contributed by atoms with Gasteiger partial charge < -0.3 is 11.5 Å². The smallest absolute Gasteiger partial charge is 0.221 e. The molecule has 0 saturated carbocycles. The van der Waals surface area contributed by atoms with Crippen molar-refractivity contribution in [3.05, 3.63) is 57.3 Å². The minimum atomic E-state index is -0.147. The molecule has 5 heterocycles. The van der Waals surface area contributed by atoms with Gasteiger partial charge in [-0.25, -0.2) is 9.97 Å². The summed E-state index contributed by atoms with van der Waals surface area (Å²) in [6.07, 6.45) is 4.13. The summed E-state index contributed by atoms with van der Waals surface area (Å²) in [4.78, 5) is 21.4. The van der Waals surface area contributed by atoms with Crippen molar-refractivity contribution in [2.75, 3.05) is 0 Å². The van der Waals surface area contributed by atoms with Crippen LogP contribution in [0.1, 0.15) is 16.2 Å². The number of hydrogen-bond acceptors (Lipinski definition) is 7. The van der Waals surface area contributed by atoms with Crippen LogP contribution >= 0.6 is 22.7 Å². The van der Waals surface area contributed by atoms with Gasteiger partial charge in [0.05, 0.1) is 17.6 Å². The Morgan fingerprint density at radius 1 is 1.00 bits per heavy atom. The minimum Gasteiger partial charge on any atom is -0.369 e. The first kappa shape index (κ1) is 18.2. The lowest BCUT2D eigenvalue weighted by Crippen LogP contribution is -2.21. The van der Waals surface area contributed by atoms with Crippen molar-refractivity contribution >= 4 is 52.6 Å². The topological polar surface area (TPSA) is 128 Å². The Hall–Kier alpha value is -3.83. The molecule has 0 amide bonds. The van der Waals surface area contributed by atoms with Crippen LogP contribution in [-0.4, -0.2) is 37.2 Å². The van der Waals surface area contributed by atoms with Crippen molar-refractivity contribution in [1.29, 1.82) is 0 Å². The standard InChI is InChI=1S/C19H14N8OS2/c20-18(21)25-22-7-13-16(11-2-5-29-9-11)23-15-1-4-26-14(8-28)17(12-3-6-30-10-12)24-19(26)27(13)15/h1-10H,(H4,20,21,25)/b22-7+. The molecule has 4 N–H and O–H groups in total. The fourth-order valence-electron chi connectivity index (χ4n) is 3.26. The van der Waals surface area contributed by atoms with Crippen LogP contribution in [0, 0.1) is 0 Å². The van der Waals surface area contributed by atoms with Gasteiger partial charge in [0.1, 0.15) is 17.0 Å². The number of fused-ring (bicyclic) bond motifs is 3. The number of imidazole rings is 2. The van der Waals surface area contributed by atoms with E-state index in [4.69, 9.17) is 21.4 Å². The molecule has 0 aliphatic rings. The first-order valence-electron chi connectivity index (χ1n) is 8.73. The van der Waals surface area contributed by atoms with Crippen molar-refractivity contribution in [2.45, 2.75) is 0 Å². The highest BCUT2D eigenvalue weighted by Gasteiger charge is 2.20. The number of nitrogens with zero attached hydrogens (tertiary/aromatic N) is 6. The average molecular weight is 435 g/mol. The third kappa shape index (κ3) is 2.88. The van der Waals surface area contributed by atoms with Crippen LogP contribution in [0.3, 0.4) is 0 Å². The summed E-state index contributed by atoms with van der Waals surface area (Å²) < 4.78 is 3.57. The highest BCUT2D eigenvalue weighted by molar-refractivity contribution is 7.08. The van der Waals surface area contributed by atoms with E-state index in [9.17, 15) is 4.79 Å². The fraction of sp³-hybridized carbons (Fsp3) is 0. The van der Waals surface area contributed by atoms with E-state index in [0.29, 0.717) is 34.2 Å². The third-order valence-electron chi connectivity index (χ3n) is 4.50. The summed E-state index contributed by atoms with van der Waals surface area (Å²) in [5.41, 5.74) is 15.7. The quantitative estimate of drug-likeness (QED) is 0.190. The number of carbonyl (C=O) groups is 1. The predicted molar refractivity (Wildman–Crippen MR) is 119 cm³/mol. The van der Waals surface area contributed by atoms with Gasteiger partial charge in [0.25, 0.3) is 0 Å². The monoisotopic (exact) mass is 434 g/mol. The highest BCUT2D eigenvalue weighted by atomic mass is 32.1. The van der Waals surface area contributed by atoms with Gasteiger partial charge in [0.2, 0.25) is 11.7 Å². The van der Waals surface area contributed by atoms with Crippen LogP contribution in [-0.2, 0) is 0 Å². The molecule has 0 unspecified atom stereocenters. The Morgan fingerprint density at radius 3 is 2.30 bits per heavy atom. The summed E-state index contributed by atoms with van der Waals surface area (Å²) in [6.45, 7) is 0. The molecular formula is C19H14N8OS2. The lowest BCUT2D eigenvalue weighted by Gasteiger charge is -2.01. The number of guanidine groups is 1. The molecule has 5 aromatic rings. The van der Waals surface area contributed by atoms with Crippen LogP contribution in [0.15, 0.2) is 56.1 Å². The summed E-state index contributed by atoms with van der Waals surface area (Å²) >= 11 is 3.11. The van der Waals surface area contributed by atoms with Crippen molar-refractivity contribution in [3.63, 3.8) is 0 Å². The first-order valence-corrected chi connectivity index (χ1v) is 10.6. The van der Waals surface area contributed by atoms with Crippen LogP contribution in [0.2, 0.25) is 0 Å². The van der Waals surface area contributed by atoms with E-state index in [2.05, 4.69) is 10.2 Å². The summed E-state index contributed by atoms with van der Waals surface area (Å²) in [5.74, 6) is 0.391. The van der Waals surface area contributed by atoms with Gasteiger partial charge in [0, 0.05) is 28.1 Å². The zero-order valence-electron chi connectivity index (χ0n) is 15.3. The molecule has 0 aromatic carbocycles. The molecule has 0 aliphatic heterocycles. The van der Waals surface area contributed by atoms with Crippen LogP contribution in [0.5, 0.6) is 0 Å². The van der Waals surface area contributed by atoms with E-state index >= 15 is 0 Å². The van der Waals surface area contributed by atoms with Gasteiger partial charge in [-0.05, 0) is 29.0 Å². The zero-order chi connectivity index (χ0) is 20.7. The molecule has 0 fully saturated rings. The van der Waals surface area contributed by atoms with Gasteiger partial charge in [-0.3, -0.25) is 13.6 Å². The summed E-state index contributed by atoms with van der Waals surface area (Å²) in [6, 6.07) is 5.73. The molecule has 30 heavy (non-hydrogen) atoms. The molecule has 0 saturated heterocycles. The van der Waals surface area contributed by atoms with E-state index in [1.165, 1.54) is 6.21 Å². The highest BCUT2D eigenvalue weighted by Crippen LogP contribution is 2.30. The van der Waals surface area contributed by atoms with Gasteiger partial charge in [0.15, 0.2) is 6.29 Å². The molecule has 0 spiro atoms. The molecular weight excluding hydrogens is 420 g/mol. The second-order valence-electron chi connectivity index (χ2n) is 6.28. The number of aldehydes is 1. The predicted octanol–water partition coefficient (Wildman–Crippen LogP) is 2.86.